The van der Waals surface area contributed by atoms with E-state index in [4.69, 9.17) is 4.74 Å². The molecule has 0 aliphatic carbocycles. The van der Waals surface area contributed by atoms with Crippen molar-refractivity contribution in [3.05, 3.63) is 64.7 Å². The van der Waals surface area contributed by atoms with E-state index >= 15 is 0 Å². The molecule has 1 aliphatic heterocycles. The maximum atomic E-state index is 11.8. The van der Waals surface area contributed by atoms with Crippen molar-refractivity contribution in [1.29, 1.82) is 0 Å². The highest BCUT2D eigenvalue weighted by atomic mass is 16.5. The number of carbonyl (C=O) groups excluding carboxylic acids is 1. The van der Waals surface area contributed by atoms with Gasteiger partial charge in [0, 0.05) is 6.42 Å². The molecule has 2 aromatic carbocycles. The molecule has 0 bridgehead atoms. The van der Waals surface area contributed by atoms with Crippen LogP contribution in [0.5, 0.6) is 5.75 Å². The molecule has 0 N–H and O–H groups in total. The zero-order valence-corrected chi connectivity index (χ0v) is 13.8. The molecular weight excluding hydrogens is 284 g/mol. The number of aryl methyl sites for hydroxylation is 3. The lowest BCUT2D eigenvalue weighted by molar-refractivity contribution is 0.0933. The van der Waals surface area contributed by atoms with E-state index in [1.807, 2.05) is 12.1 Å². The third-order valence-corrected chi connectivity index (χ3v) is 4.55. The first-order valence-electron chi connectivity index (χ1n) is 8.63. The molecular formula is C21H24O2. The smallest absolute Gasteiger partial charge is 0.169 e. The quantitative estimate of drug-likeness (QED) is 0.718. The number of ketones is 1. The van der Waals surface area contributed by atoms with Crippen LogP contribution in [0.2, 0.25) is 0 Å². The van der Waals surface area contributed by atoms with Gasteiger partial charge in [-0.2, -0.15) is 0 Å². The van der Waals surface area contributed by atoms with Crippen LogP contribution in [0.1, 0.15) is 53.2 Å². The molecule has 2 aromatic rings. The Morgan fingerprint density at radius 3 is 2.30 bits per heavy atom. The molecule has 0 spiro atoms. The maximum absolute atomic E-state index is 11.8. The average Bonchev–Trinajstić information content (AvgIpc) is 2.59. The summed E-state index contributed by atoms with van der Waals surface area (Å²) in [5.41, 5.74) is 4.83. The zero-order chi connectivity index (χ0) is 16.1. The van der Waals surface area contributed by atoms with Gasteiger partial charge in [-0.15, -0.1) is 0 Å². The Balaban J connectivity index is 1.49. The minimum atomic E-state index is 0.202. The number of Topliss-reactive ketones (excluding diaryl/α,β-unsaturated/α-hetero) is 1. The van der Waals surface area contributed by atoms with Crippen LogP contribution in [0.3, 0.4) is 0 Å². The summed E-state index contributed by atoms with van der Waals surface area (Å²) in [4.78, 5) is 11.8. The normalized spacial score (nSPS) is 13.5. The van der Waals surface area contributed by atoms with Crippen molar-refractivity contribution in [3.8, 4) is 5.75 Å². The molecule has 2 heteroatoms. The SMILES string of the molecule is CCc1ccc(CCCCc2ccc3c(c2)OCCC3=O)cc1. The molecule has 3 rings (SSSR count). The predicted octanol–water partition coefficient (Wildman–Crippen LogP) is 4.78. The predicted molar refractivity (Wildman–Crippen MR) is 93.3 cm³/mol. The summed E-state index contributed by atoms with van der Waals surface area (Å²) in [7, 11) is 0. The fourth-order valence-corrected chi connectivity index (χ4v) is 3.06. The van der Waals surface area contributed by atoms with Crippen LogP contribution in [0.15, 0.2) is 42.5 Å². The van der Waals surface area contributed by atoms with Crippen molar-refractivity contribution < 1.29 is 9.53 Å². The number of ether oxygens (including phenoxy) is 1. The summed E-state index contributed by atoms with van der Waals surface area (Å²) in [6, 6.07) is 15.0. The number of fused-ring (bicyclic) bond motifs is 1. The fraction of sp³-hybridized carbons (Fsp3) is 0.381. The van der Waals surface area contributed by atoms with Gasteiger partial charge in [0.1, 0.15) is 5.75 Å². The molecule has 120 valence electrons. The fourth-order valence-electron chi connectivity index (χ4n) is 3.06. The number of unbranched alkanes of at least 4 members (excludes halogenated alkanes) is 1. The Labute approximate surface area is 138 Å². The molecule has 2 nitrogen and oxygen atoms in total. The lowest BCUT2D eigenvalue weighted by Crippen LogP contribution is -2.15. The second-order valence-corrected chi connectivity index (χ2v) is 6.23. The van der Waals surface area contributed by atoms with Crippen LogP contribution in [0.4, 0.5) is 0 Å². The van der Waals surface area contributed by atoms with Crippen molar-refractivity contribution in [3.63, 3.8) is 0 Å². The highest BCUT2D eigenvalue weighted by Crippen LogP contribution is 2.26. The van der Waals surface area contributed by atoms with Crippen molar-refractivity contribution >= 4 is 5.78 Å². The zero-order valence-electron chi connectivity index (χ0n) is 13.8. The van der Waals surface area contributed by atoms with Gasteiger partial charge in [0.05, 0.1) is 12.2 Å². The van der Waals surface area contributed by atoms with Gasteiger partial charge in [0.25, 0.3) is 0 Å². The molecule has 23 heavy (non-hydrogen) atoms. The van der Waals surface area contributed by atoms with Crippen molar-refractivity contribution in [1.82, 2.24) is 0 Å². The molecule has 1 aliphatic rings. The van der Waals surface area contributed by atoms with Gasteiger partial charge in [-0.1, -0.05) is 37.3 Å². The van der Waals surface area contributed by atoms with Gasteiger partial charge >= 0.3 is 0 Å². The van der Waals surface area contributed by atoms with Gasteiger partial charge < -0.3 is 4.74 Å². The molecule has 0 radical (unpaired) electrons. The van der Waals surface area contributed by atoms with E-state index in [2.05, 4.69) is 37.3 Å². The first-order chi connectivity index (χ1) is 11.3. The number of rotatable bonds is 6. The Morgan fingerprint density at radius 2 is 1.57 bits per heavy atom. The molecule has 0 amide bonds. The van der Waals surface area contributed by atoms with E-state index in [1.54, 1.807) is 0 Å². The molecule has 0 aromatic heterocycles. The number of benzene rings is 2. The van der Waals surface area contributed by atoms with E-state index in [-0.39, 0.29) is 5.78 Å². The summed E-state index contributed by atoms with van der Waals surface area (Å²) in [5, 5.41) is 0. The maximum Gasteiger partial charge on any atom is 0.169 e. The summed E-state index contributed by atoms with van der Waals surface area (Å²) < 4.78 is 5.61. The lowest BCUT2D eigenvalue weighted by atomic mass is 9.99. The van der Waals surface area contributed by atoms with Crippen molar-refractivity contribution in [2.24, 2.45) is 0 Å². The lowest BCUT2D eigenvalue weighted by Gasteiger charge is -2.17. The largest absolute Gasteiger partial charge is 0.492 e. The number of carbonyl (C=O) groups is 1. The monoisotopic (exact) mass is 308 g/mol. The van der Waals surface area contributed by atoms with Gasteiger partial charge in [-0.05, 0) is 60.9 Å². The van der Waals surface area contributed by atoms with E-state index in [9.17, 15) is 4.79 Å². The highest BCUT2D eigenvalue weighted by molar-refractivity contribution is 5.99. The van der Waals surface area contributed by atoms with Gasteiger partial charge in [0.15, 0.2) is 5.78 Å². The average molecular weight is 308 g/mol. The summed E-state index contributed by atoms with van der Waals surface area (Å²) in [6.45, 7) is 2.70. The Bertz CT molecular complexity index is 671. The van der Waals surface area contributed by atoms with Crippen molar-refractivity contribution in [2.45, 2.75) is 45.4 Å². The standard InChI is InChI=1S/C21H24O2/c1-2-16-7-9-17(10-8-16)5-3-4-6-18-11-12-19-20(22)13-14-23-21(19)15-18/h7-12,15H,2-6,13-14H2,1H3. The van der Waals surface area contributed by atoms with Gasteiger partial charge in [0.2, 0.25) is 0 Å². The number of hydrogen-bond donors (Lipinski definition) is 0. The molecule has 1 heterocycles. The summed E-state index contributed by atoms with van der Waals surface area (Å²) in [6.07, 6.45) is 6.11. The summed E-state index contributed by atoms with van der Waals surface area (Å²) in [5.74, 6) is 0.974. The summed E-state index contributed by atoms with van der Waals surface area (Å²) >= 11 is 0. The Kier molecular flexibility index (Phi) is 5.12. The third-order valence-electron chi connectivity index (χ3n) is 4.55. The number of hydrogen-bond acceptors (Lipinski definition) is 2. The van der Waals surface area contributed by atoms with Crippen LogP contribution in [-0.2, 0) is 19.3 Å². The van der Waals surface area contributed by atoms with E-state index in [0.717, 1.165) is 37.0 Å². The van der Waals surface area contributed by atoms with E-state index in [1.165, 1.54) is 23.1 Å². The molecule has 0 fully saturated rings. The van der Waals surface area contributed by atoms with E-state index < -0.39 is 0 Å². The van der Waals surface area contributed by atoms with Gasteiger partial charge in [-0.25, -0.2) is 0 Å². The second kappa shape index (κ2) is 7.45. The Morgan fingerprint density at radius 1 is 0.913 bits per heavy atom. The minimum Gasteiger partial charge on any atom is -0.492 e. The second-order valence-electron chi connectivity index (χ2n) is 6.23. The third kappa shape index (κ3) is 4.01. The first-order valence-corrected chi connectivity index (χ1v) is 8.63. The Hall–Kier alpha value is -2.09. The van der Waals surface area contributed by atoms with Gasteiger partial charge in [-0.3, -0.25) is 4.79 Å². The topological polar surface area (TPSA) is 26.3 Å². The van der Waals surface area contributed by atoms with Crippen LogP contribution in [-0.4, -0.2) is 12.4 Å². The van der Waals surface area contributed by atoms with E-state index in [0.29, 0.717) is 13.0 Å². The molecule has 0 unspecified atom stereocenters. The van der Waals surface area contributed by atoms with Crippen LogP contribution >= 0.6 is 0 Å². The van der Waals surface area contributed by atoms with Crippen molar-refractivity contribution in [2.75, 3.05) is 6.61 Å². The van der Waals surface area contributed by atoms with Crippen LogP contribution in [0, 0.1) is 0 Å². The molecule has 0 saturated carbocycles. The molecule has 0 saturated heterocycles. The first kappa shape index (κ1) is 15.8. The highest BCUT2D eigenvalue weighted by Gasteiger charge is 2.18. The molecule has 0 atom stereocenters. The van der Waals surface area contributed by atoms with Crippen LogP contribution in [0.25, 0.3) is 0 Å². The minimum absolute atomic E-state index is 0.202. The van der Waals surface area contributed by atoms with Crippen LogP contribution < -0.4 is 4.74 Å².